The van der Waals surface area contributed by atoms with Crippen molar-refractivity contribution in [1.29, 1.82) is 0 Å². The van der Waals surface area contributed by atoms with Crippen molar-refractivity contribution in [2.24, 2.45) is 17.6 Å². The van der Waals surface area contributed by atoms with Crippen molar-refractivity contribution in [3.05, 3.63) is 101 Å². The second-order valence-electron chi connectivity index (χ2n) is 11.0. The minimum atomic E-state index is -0.520. The topological polar surface area (TPSA) is 58.8 Å². The molecule has 37 heavy (non-hydrogen) atoms. The van der Waals surface area contributed by atoms with Gasteiger partial charge >= 0.3 is 6.09 Å². The average Bonchev–Trinajstić information content (AvgIpc) is 3.26. The Morgan fingerprint density at radius 1 is 0.946 bits per heavy atom. The first-order chi connectivity index (χ1) is 17.7. The van der Waals surface area contributed by atoms with E-state index in [1.807, 2.05) is 43.9 Å². The summed E-state index contributed by atoms with van der Waals surface area (Å²) >= 11 is 6.22. The van der Waals surface area contributed by atoms with Crippen molar-refractivity contribution in [2.75, 3.05) is 24.5 Å². The number of nitrogens with two attached hydrogens (primary N) is 1. The van der Waals surface area contributed by atoms with Crippen LogP contribution in [-0.4, -0.2) is 36.2 Å². The highest BCUT2D eigenvalue weighted by molar-refractivity contribution is 6.30. The van der Waals surface area contributed by atoms with Crippen LogP contribution in [0.4, 0.5) is 10.5 Å². The molecule has 3 aromatic rings. The van der Waals surface area contributed by atoms with Crippen LogP contribution < -0.4 is 10.6 Å². The van der Waals surface area contributed by atoms with Gasteiger partial charge in [-0.3, -0.25) is 0 Å². The van der Waals surface area contributed by atoms with Gasteiger partial charge in [0, 0.05) is 43.4 Å². The third-order valence-electron chi connectivity index (χ3n) is 6.82. The molecule has 0 radical (unpaired) electrons. The minimum Gasteiger partial charge on any atom is -0.444 e. The minimum absolute atomic E-state index is 0.234. The van der Waals surface area contributed by atoms with Gasteiger partial charge in [0.05, 0.1) is 0 Å². The van der Waals surface area contributed by atoms with Crippen LogP contribution in [0.5, 0.6) is 0 Å². The van der Waals surface area contributed by atoms with E-state index in [1.165, 1.54) is 11.1 Å². The van der Waals surface area contributed by atoms with Crippen LogP contribution >= 0.6 is 11.6 Å². The lowest BCUT2D eigenvalue weighted by molar-refractivity contribution is 0.0284. The Morgan fingerprint density at radius 3 is 2.27 bits per heavy atom. The van der Waals surface area contributed by atoms with Crippen LogP contribution in [0.3, 0.4) is 0 Å². The average molecular weight is 520 g/mol. The fourth-order valence-electron chi connectivity index (χ4n) is 5.04. The SMILES string of the molecule is CC(C)(C)OC(=O)N1CC(Cc2ccccc2)C(CN(Cc2cccc(CN)c2)c2ccc(Cl)cc2)C1. The normalized spacial score (nSPS) is 17.6. The van der Waals surface area contributed by atoms with E-state index in [0.717, 1.165) is 30.8 Å². The number of carbonyl (C=O) groups is 1. The highest BCUT2D eigenvalue weighted by Crippen LogP contribution is 2.31. The van der Waals surface area contributed by atoms with Crippen molar-refractivity contribution < 1.29 is 9.53 Å². The van der Waals surface area contributed by atoms with Crippen molar-refractivity contribution >= 4 is 23.4 Å². The van der Waals surface area contributed by atoms with E-state index in [0.29, 0.717) is 30.6 Å². The van der Waals surface area contributed by atoms with Crippen molar-refractivity contribution in [3.8, 4) is 0 Å². The quantitative estimate of drug-likeness (QED) is 0.367. The maximum atomic E-state index is 13.0. The first-order valence-electron chi connectivity index (χ1n) is 13.0. The van der Waals surface area contributed by atoms with Crippen molar-refractivity contribution in [2.45, 2.75) is 45.9 Å². The molecule has 1 aliphatic heterocycles. The molecule has 6 heteroatoms. The third kappa shape index (κ3) is 7.73. The molecule has 0 aromatic heterocycles. The molecule has 1 amide bonds. The van der Waals surface area contributed by atoms with Crippen molar-refractivity contribution in [3.63, 3.8) is 0 Å². The predicted molar refractivity (Wildman–Crippen MR) is 152 cm³/mol. The molecule has 1 saturated heterocycles. The summed E-state index contributed by atoms with van der Waals surface area (Å²) < 4.78 is 5.74. The zero-order valence-corrected chi connectivity index (χ0v) is 22.8. The number of hydrogen-bond donors (Lipinski definition) is 1. The molecule has 2 atom stereocenters. The standard InChI is InChI=1S/C31H38ClN3O2/c1-31(2,3)37-30(36)35-20-26(17-23-8-5-4-6-9-23)27(22-35)21-34(29-14-12-28(32)13-15-29)19-25-11-7-10-24(16-25)18-33/h4-16,26-27H,17-22,33H2,1-3H3. The lowest BCUT2D eigenvalue weighted by atomic mass is 9.89. The van der Waals surface area contributed by atoms with Crippen LogP contribution in [0.15, 0.2) is 78.9 Å². The lowest BCUT2D eigenvalue weighted by Crippen LogP contribution is -2.36. The lowest BCUT2D eigenvalue weighted by Gasteiger charge is -2.30. The highest BCUT2D eigenvalue weighted by Gasteiger charge is 2.38. The zero-order chi connectivity index (χ0) is 26.4. The van der Waals surface area contributed by atoms with Gasteiger partial charge in [0.1, 0.15) is 5.60 Å². The number of amides is 1. The molecular weight excluding hydrogens is 482 g/mol. The Kier molecular flexibility index (Phi) is 8.78. The second-order valence-corrected chi connectivity index (χ2v) is 11.4. The summed E-state index contributed by atoms with van der Waals surface area (Å²) in [4.78, 5) is 17.3. The van der Waals surface area contributed by atoms with Gasteiger partial charge < -0.3 is 20.3 Å². The second kappa shape index (κ2) is 12.0. The zero-order valence-electron chi connectivity index (χ0n) is 22.1. The molecule has 0 saturated carbocycles. The van der Waals surface area contributed by atoms with E-state index >= 15 is 0 Å². The van der Waals surface area contributed by atoms with Gasteiger partial charge in [0.25, 0.3) is 0 Å². The Balaban J connectivity index is 1.60. The highest BCUT2D eigenvalue weighted by atomic mass is 35.5. The smallest absolute Gasteiger partial charge is 0.410 e. The van der Waals surface area contributed by atoms with Crippen LogP contribution in [-0.2, 0) is 24.2 Å². The van der Waals surface area contributed by atoms with Crippen LogP contribution in [0.1, 0.15) is 37.5 Å². The van der Waals surface area contributed by atoms with E-state index in [9.17, 15) is 4.79 Å². The molecule has 196 valence electrons. The van der Waals surface area contributed by atoms with Gasteiger partial charge in [-0.25, -0.2) is 4.79 Å². The monoisotopic (exact) mass is 519 g/mol. The molecule has 3 aromatic carbocycles. The fourth-order valence-corrected chi connectivity index (χ4v) is 5.17. The van der Waals surface area contributed by atoms with Gasteiger partial charge in [0.2, 0.25) is 0 Å². The van der Waals surface area contributed by atoms with Crippen LogP contribution in [0.25, 0.3) is 0 Å². The molecule has 0 spiro atoms. The summed E-state index contributed by atoms with van der Waals surface area (Å²) in [7, 11) is 0. The number of nitrogens with zero attached hydrogens (tertiary/aromatic N) is 2. The van der Waals surface area contributed by atoms with Crippen LogP contribution in [0.2, 0.25) is 5.02 Å². The summed E-state index contributed by atoms with van der Waals surface area (Å²) in [6, 6.07) is 27.0. The molecule has 2 unspecified atom stereocenters. The number of rotatable bonds is 8. The Hall–Kier alpha value is -3.02. The van der Waals surface area contributed by atoms with Crippen LogP contribution in [0, 0.1) is 11.8 Å². The number of halogens is 1. The number of ether oxygens (including phenoxy) is 1. The Bertz CT molecular complexity index is 1160. The maximum absolute atomic E-state index is 13.0. The number of likely N-dealkylation sites (tertiary alicyclic amines) is 1. The van der Waals surface area contributed by atoms with Gasteiger partial charge in [-0.15, -0.1) is 0 Å². The number of anilines is 1. The maximum Gasteiger partial charge on any atom is 0.410 e. The van der Waals surface area contributed by atoms with E-state index in [2.05, 4.69) is 65.6 Å². The Labute approximate surface area is 226 Å². The van der Waals surface area contributed by atoms with Gasteiger partial charge in [-0.2, -0.15) is 0 Å². The van der Waals surface area contributed by atoms with Crippen molar-refractivity contribution in [1.82, 2.24) is 4.90 Å². The first-order valence-corrected chi connectivity index (χ1v) is 13.4. The van der Waals surface area contributed by atoms with Gasteiger partial charge in [0.15, 0.2) is 0 Å². The van der Waals surface area contributed by atoms with E-state index < -0.39 is 5.60 Å². The molecular formula is C31H38ClN3O2. The Morgan fingerprint density at radius 2 is 1.59 bits per heavy atom. The van der Waals surface area contributed by atoms with Gasteiger partial charge in [-0.1, -0.05) is 66.2 Å². The van der Waals surface area contributed by atoms with E-state index in [-0.39, 0.29) is 12.0 Å². The summed E-state index contributed by atoms with van der Waals surface area (Å²) in [6.45, 7) is 9.17. The predicted octanol–water partition coefficient (Wildman–Crippen LogP) is 6.53. The number of carbonyl (C=O) groups excluding carboxylic acids is 1. The van der Waals surface area contributed by atoms with E-state index in [4.69, 9.17) is 22.1 Å². The molecule has 0 bridgehead atoms. The molecule has 1 heterocycles. The molecule has 1 fully saturated rings. The summed E-state index contributed by atoms with van der Waals surface area (Å²) in [6.07, 6.45) is 0.684. The van der Waals surface area contributed by atoms with E-state index in [1.54, 1.807) is 0 Å². The van der Waals surface area contributed by atoms with Gasteiger partial charge in [-0.05, 0) is 80.0 Å². The summed E-state index contributed by atoms with van der Waals surface area (Å²) in [5.41, 5.74) is 10.1. The third-order valence-corrected chi connectivity index (χ3v) is 7.07. The molecule has 4 rings (SSSR count). The molecule has 5 nitrogen and oxygen atoms in total. The summed E-state index contributed by atoms with van der Waals surface area (Å²) in [5, 5.41) is 0.716. The number of hydrogen-bond acceptors (Lipinski definition) is 4. The molecule has 0 aliphatic carbocycles. The summed E-state index contributed by atoms with van der Waals surface area (Å²) in [5.74, 6) is 0.598. The fraction of sp³-hybridized carbons (Fsp3) is 0.387. The number of benzene rings is 3. The first kappa shape index (κ1) is 27.0. The largest absolute Gasteiger partial charge is 0.444 e. The molecule has 1 aliphatic rings. The molecule has 2 N–H and O–H groups in total.